The largest absolute Gasteiger partial charge is 0.420 e. The topological polar surface area (TPSA) is 135 Å². The van der Waals surface area contributed by atoms with Gasteiger partial charge in [-0.15, -0.1) is 14.5 Å². The molecule has 2 amide bonds. The zero-order valence-electron chi connectivity index (χ0n) is 13.3. The Kier molecular flexibility index (Phi) is 4.14. The molecule has 0 aromatic carbocycles. The summed E-state index contributed by atoms with van der Waals surface area (Å²) in [4.78, 5) is 13.8. The van der Waals surface area contributed by atoms with Crippen LogP contribution in [0.1, 0.15) is 49.9 Å². The predicted octanol–water partition coefficient (Wildman–Crippen LogP) is 0.814. The summed E-state index contributed by atoms with van der Waals surface area (Å²) in [5, 5.41) is 8.63. The van der Waals surface area contributed by atoms with Crippen molar-refractivity contribution >= 4 is 16.4 Å². The van der Waals surface area contributed by atoms with E-state index in [0.717, 1.165) is 12.8 Å². The number of nitrogens with zero attached hydrogens (tertiary/aromatic N) is 4. The van der Waals surface area contributed by atoms with Gasteiger partial charge in [-0.05, 0) is 32.1 Å². The Morgan fingerprint density at radius 1 is 1.24 bits per heavy atom. The Bertz CT molecular complexity index is 762. The van der Waals surface area contributed by atoms with E-state index in [2.05, 4.69) is 14.5 Å². The van der Waals surface area contributed by atoms with Gasteiger partial charge in [0.25, 0.3) is 0 Å². The van der Waals surface area contributed by atoms with Crippen LogP contribution in [0.5, 0.6) is 0 Å². The van der Waals surface area contributed by atoms with Gasteiger partial charge in [0.05, 0.1) is 12.1 Å². The molecule has 138 valence electrons. The molecular formula is C13H18N4O7S. The van der Waals surface area contributed by atoms with Crippen molar-refractivity contribution in [3.8, 4) is 0 Å². The number of hydrogen-bond acceptors (Lipinski definition) is 8. The van der Waals surface area contributed by atoms with Crippen LogP contribution in [0.15, 0.2) is 4.42 Å². The van der Waals surface area contributed by atoms with Gasteiger partial charge in [-0.25, -0.2) is 4.79 Å². The van der Waals surface area contributed by atoms with Crippen molar-refractivity contribution in [2.75, 3.05) is 6.54 Å². The zero-order valence-corrected chi connectivity index (χ0v) is 14.1. The van der Waals surface area contributed by atoms with Gasteiger partial charge in [-0.3, -0.25) is 4.55 Å². The van der Waals surface area contributed by atoms with Crippen LogP contribution in [0.3, 0.4) is 0 Å². The summed E-state index contributed by atoms with van der Waals surface area (Å²) in [6.45, 7) is 0.494. The Morgan fingerprint density at radius 2 is 2.04 bits per heavy atom. The maximum absolute atomic E-state index is 12.4. The average Bonchev–Trinajstić information content (AvgIpc) is 3.05. The second-order valence-corrected chi connectivity index (χ2v) is 7.41. The fraction of sp³-hybridized carbons (Fsp3) is 0.769. The molecule has 4 rings (SSSR count). The summed E-state index contributed by atoms with van der Waals surface area (Å²) >= 11 is 0. The maximum Gasteiger partial charge on any atom is 0.418 e. The molecule has 1 aromatic heterocycles. The minimum atomic E-state index is -4.76. The fourth-order valence-electron chi connectivity index (χ4n) is 3.27. The molecule has 3 aliphatic rings. The van der Waals surface area contributed by atoms with E-state index >= 15 is 0 Å². The van der Waals surface area contributed by atoms with Gasteiger partial charge in [0.1, 0.15) is 12.6 Å². The van der Waals surface area contributed by atoms with Crippen molar-refractivity contribution in [1.82, 2.24) is 20.2 Å². The molecular weight excluding hydrogens is 356 g/mol. The fourth-order valence-corrected chi connectivity index (χ4v) is 3.66. The number of piperidine rings is 1. The van der Waals surface area contributed by atoms with Gasteiger partial charge in [-0.2, -0.15) is 13.5 Å². The maximum atomic E-state index is 12.4. The van der Waals surface area contributed by atoms with E-state index in [4.69, 9.17) is 13.7 Å². The van der Waals surface area contributed by atoms with E-state index in [-0.39, 0.29) is 25.1 Å². The van der Waals surface area contributed by atoms with Crippen LogP contribution in [-0.4, -0.2) is 57.9 Å². The summed E-state index contributed by atoms with van der Waals surface area (Å²) in [5.74, 6) is 0.634. The first-order valence-corrected chi connectivity index (χ1v) is 9.48. The Labute approximate surface area is 143 Å². The third kappa shape index (κ3) is 3.34. The van der Waals surface area contributed by atoms with Crippen molar-refractivity contribution in [3.63, 3.8) is 0 Å². The first-order chi connectivity index (χ1) is 11.9. The first kappa shape index (κ1) is 16.7. The van der Waals surface area contributed by atoms with Gasteiger partial charge in [-0.1, -0.05) is 0 Å². The van der Waals surface area contributed by atoms with E-state index in [1.54, 1.807) is 0 Å². The molecule has 3 heterocycles. The Morgan fingerprint density at radius 3 is 2.72 bits per heavy atom. The van der Waals surface area contributed by atoms with Crippen LogP contribution in [0.2, 0.25) is 0 Å². The monoisotopic (exact) mass is 374 g/mol. The SMILES string of the molecule is O=C1N2C[C@@H](CC[C@H]2c2nnc(COC3CCC3)o2)N1OS(=O)(=O)O. The number of fused-ring (bicyclic) bond motifs is 2. The summed E-state index contributed by atoms with van der Waals surface area (Å²) in [6.07, 6.45) is 4.50. The molecule has 1 aliphatic carbocycles. The number of amides is 2. The van der Waals surface area contributed by atoms with E-state index in [1.165, 1.54) is 11.3 Å². The highest BCUT2D eigenvalue weighted by Gasteiger charge is 2.49. The van der Waals surface area contributed by atoms with Crippen molar-refractivity contribution < 1.29 is 31.2 Å². The molecule has 2 atom stereocenters. The molecule has 3 fully saturated rings. The number of ether oxygens (including phenoxy) is 1. The summed E-state index contributed by atoms with van der Waals surface area (Å²) in [5.41, 5.74) is 0. The normalized spacial score (nSPS) is 27.0. The zero-order chi connectivity index (χ0) is 17.6. The van der Waals surface area contributed by atoms with Crippen LogP contribution in [0.4, 0.5) is 4.79 Å². The standard InChI is InChI=1S/C13H18N4O7S/c18-13-16-6-8(17(13)24-25(19,20)21)4-5-10(16)12-15-14-11(23-12)7-22-9-2-1-3-9/h8-10H,1-7H2,(H,19,20,21)/t8-,10+/m1/s1. The lowest BCUT2D eigenvalue weighted by Gasteiger charge is -2.27. The summed E-state index contributed by atoms with van der Waals surface area (Å²) in [7, 11) is -4.76. The highest BCUT2D eigenvalue weighted by atomic mass is 32.3. The lowest BCUT2D eigenvalue weighted by Crippen LogP contribution is -2.35. The lowest BCUT2D eigenvalue weighted by molar-refractivity contribution is -0.0317. The van der Waals surface area contributed by atoms with Gasteiger partial charge in [0.2, 0.25) is 11.8 Å². The second-order valence-electron chi connectivity index (χ2n) is 6.41. The highest BCUT2D eigenvalue weighted by molar-refractivity contribution is 7.80. The Hall–Kier alpha value is -1.76. The van der Waals surface area contributed by atoms with Gasteiger partial charge >= 0.3 is 16.4 Å². The third-order valence-corrected chi connectivity index (χ3v) is 5.11. The van der Waals surface area contributed by atoms with E-state index in [1.807, 2.05) is 0 Å². The smallest absolute Gasteiger partial charge is 0.418 e. The van der Waals surface area contributed by atoms with E-state index in [9.17, 15) is 13.2 Å². The number of hydroxylamine groups is 2. The van der Waals surface area contributed by atoms with E-state index in [0.29, 0.717) is 23.8 Å². The highest BCUT2D eigenvalue weighted by Crippen LogP contribution is 2.38. The first-order valence-electron chi connectivity index (χ1n) is 8.11. The molecule has 1 saturated carbocycles. The van der Waals surface area contributed by atoms with Crippen LogP contribution in [0, 0.1) is 0 Å². The molecule has 25 heavy (non-hydrogen) atoms. The average molecular weight is 374 g/mol. The van der Waals surface area contributed by atoms with Crippen LogP contribution < -0.4 is 0 Å². The molecule has 11 nitrogen and oxygen atoms in total. The van der Waals surface area contributed by atoms with Crippen molar-refractivity contribution in [3.05, 3.63) is 11.8 Å². The van der Waals surface area contributed by atoms with Crippen molar-refractivity contribution in [2.24, 2.45) is 0 Å². The predicted molar refractivity (Wildman–Crippen MR) is 79.1 cm³/mol. The number of carbonyl (C=O) groups is 1. The minimum absolute atomic E-state index is 0.235. The molecule has 2 bridgehead atoms. The molecule has 2 aliphatic heterocycles. The molecule has 2 saturated heterocycles. The summed E-state index contributed by atoms with van der Waals surface area (Å²) in [6, 6.07) is -1.56. The number of hydrogen-bond donors (Lipinski definition) is 1. The molecule has 1 N–H and O–H groups in total. The molecule has 0 unspecified atom stereocenters. The second kappa shape index (κ2) is 6.20. The van der Waals surface area contributed by atoms with Crippen LogP contribution in [0.25, 0.3) is 0 Å². The van der Waals surface area contributed by atoms with Gasteiger partial charge < -0.3 is 14.1 Å². The molecule has 0 radical (unpaired) electrons. The molecule has 1 aromatic rings. The minimum Gasteiger partial charge on any atom is -0.420 e. The van der Waals surface area contributed by atoms with Crippen molar-refractivity contribution in [2.45, 2.75) is 56.9 Å². The number of carbonyl (C=O) groups excluding carboxylic acids is 1. The lowest BCUT2D eigenvalue weighted by atomic mass is 9.96. The van der Waals surface area contributed by atoms with Gasteiger partial charge in [0.15, 0.2) is 0 Å². The Balaban J connectivity index is 1.43. The molecule has 12 heteroatoms. The third-order valence-electron chi connectivity index (χ3n) is 4.76. The van der Waals surface area contributed by atoms with Crippen molar-refractivity contribution in [1.29, 1.82) is 0 Å². The number of rotatable bonds is 6. The quantitative estimate of drug-likeness (QED) is 0.717. The number of aromatic nitrogens is 2. The van der Waals surface area contributed by atoms with Crippen LogP contribution >= 0.6 is 0 Å². The van der Waals surface area contributed by atoms with Gasteiger partial charge in [0, 0.05) is 6.54 Å². The van der Waals surface area contributed by atoms with Crippen LogP contribution in [-0.2, 0) is 26.0 Å². The number of urea groups is 1. The molecule has 0 spiro atoms. The van der Waals surface area contributed by atoms with E-state index < -0.39 is 28.5 Å². The summed E-state index contributed by atoms with van der Waals surface area (Å²) < 4.78 is 46.2.